The van der Waals surface area contributed by atoms with E-state index in [9.17, 15) is 14.7 Å². The normalized spacial score (nSPS) is 23.8. The van der Waals surface area contributed by atoms with Crippen molar-refractivity contribution in [2.75, 3.05) is 53.4 Å². The van der Waals surface area contributed by atoms with Crippen LogP contribution in [0.5, 0.6) is 5.75 Å². The molecule has 2 atom stereocenters. The van der Waals surface area contributed by atoms with Crippen LogP contribution < -0.4 is 4.74 Å². The highest BCUT2D eigenvalue weighted by molar-refractivity contribution is 5.96. The lowest BCUT2D eigenvalue weighted by molar-refractivity contribution is -0.137. The molecule has 0 spiro atoms. The Kier molecular flexibility index (Phi) is 7.14. The largest absolute Gasteiger partial charge is 0.497 e. The molecular formula is C22H33N3O4. The number of likely N-dealkylation sites (tertiary alicyclic amines) is 1. The number of methoxy groups -OCH3 is 1. The number of carboxylic acids is 1. The van der Waals surface area contributed by atoms with Gasteiger partial charge in [-0.25, -0.2) is 0 Å². The van der Waals surface area contributed by atoms with Gasteiger partial charge in [0.2, 0.25) is 0 Å². The molecule has 2 fully saturated rings. The lowest BCUT2D eigenvalue weighted by atomic mass is 9.86. The molecule has 0 saturated carbocycles. The highest BCUT2D eigenvalue weighted by atomic mass is 16.5. The number of benzene rings is 1. The molecule has 0 aromatic heterocycles. The van der Waals surface area contributed by atoms with Crippen LogP contribution >= 0.6 is 0 Å². The Labute approximate surface area is 173 Å². The van der Waals surface area contributed by atoms with E-state index in [1.807, 2.05) is 30.0 Å². The van der Waals surface area contributed by atoms with Gasteiger partial charge in [-0.15, -0.1) is 0 Å². The van der Waals surface area contributed by atoms with Gasteiger partial charge in [0.05, 0.1) is 7.11 Å². The summed E-state index contributed by atoms with van der Waals surface area (Å²) in [6.07, 6.45) is 1.66. The monoisotopic (exact) mass is 403 g/mol. The Hall–Kier alpha value is -2.12. The molecule has 0 bridgehead atoms. The molecule has 1 amide bonds. The smallest absolute Gasteiger partial charge is 0.303 e. The van der Waals surface area contributed by atoms with Gasteiger partial charge < -0.3 is 19.6 Å². The Bertz CT molecular complexity index is 731. The van der Waals surface area contributed by atoms with Gasteiger partial charge in [0.15, 0.2) is 0 Å². The van der Waals surface area contributed by atoms with Gasteiger partial charge in [0, 0.05) is 57.3 Å². The molecule has 7 nitrogen and oxygen atoms in total. The Balaban J connectivity index is 1.72. The summed E-state index contributed by atoms with van der Waals surface area (Å²) in [4.78, 5) is 31.1. The Morgan fingerprint density at radius 3 is 2.52 bits per heavy atom. The van der Waals surface area contributed by atoms with E-state index in [1.54, 1.807) is 7.11 Å². The summed E-state index contributed by atoms with van der Waals surface area (Å²) in [7, 11) is 3.75. The molecule has 7 heteroatoms. The van der Waals surface area contributed by atoms with E-state index in [0.717, 1.165) is 43.9 Å². The number of carbonyl (C=O) groups is 2. The predicted octanol–water partition coefficient (Wildman–Crippen LogP) is 1.95. The average molecular weight is 404 g/mol. The van der Waals surface area contributed by atoms with Crippen molar-refractivity contribution < 1.29 is 19.4 Å². The topological polar surface area (TPSA) is 73.3 Å². The van der Waals surface area contributed by atoms with Crippen molar-refractivity contribution in [3.05, 3.63) is 29.3 Å². The van der Waals surface area contributed by atoms with Crippen molar-refractivity contribution >= 4 is 11.9 Å². The van der Waals surface area contributed by atoms with E-state index >= 15 is 0 Å². The molecule has 2 aliphatic rings. The molecule has 2 heterocycles. The second kappa shape index (κ2) is 9.59. The first-order valence-electron chi connectivity index (χ1n) is 10.5. The number of carbonyl (C=O) groups excluding carboxylic acids is 1. The van der Waals surface area contributed by atoms with Crippen molar-refractivity contribution in [1.29, 1.82) is 0 Å². The fraction of sp³-hybridized carbons (Fsp3) is 0.636. The van der Waals surface area contributed by atoms with Gasteiger partial charge in [0.25, 0.3) is 5.91 Å². The van der Waals surface area contributed by atoms with Crippen molar-refractivity contribution in [1.82, 2.24) is 14.7 Å². The number of aliphatic carboxylic acids is 1. The number of aryl methyl sites for hydroxylation is 1. The molecule has 3 rings (SSSR count). The maximum absolute atomic E-state index is 13.2. The van der Waals surface area contributed by atoms with Gasteiger partial charge in [-0.2, -0.15) is 0 Å². The van der Waals surface area contributed by atoms with Crippen molar-refractivity contribution in [3.8, 4) is 5.75 Å². The third kappa shape index (κ3) is 5.28. The number of rotatable bonds is 6. The number of carboxylic acid groups (broad SMARTS) is 1. The number of piperazine rings is 1. The first-order chi connectivity index (χ1) is 13.9. The molecule has 1 aromatic carbocycles. The van der Waals surface area contributed by atoms with Crippen molar-refractivity contribution in [2.45, 2.75) is 32.2 Å². The molecule has 0 unspecified atom stereocenters. The van der Waals surface area contributed by atoms with Gasteiger partial charge in [-0.3, -0.25) is 14.5 Å². The zero-order valence-corrected chi connectivity index (χ0v) is 17.8. The SMILES string of the molecule is COc1ccc(C(=O)N2CC[C@H](N3CCN(C)CC3)[C@H](CCC(=O)O)C2)c(C)c1. The second-order valence-corrected chi connectivity index (χ2v) is 8.32. The van der Waals surface area contributed by atoms with Gasteiger partial charge in [-0.1, -0.05) is 0 Å². The van der Waals surface area contributed by atoms with Crippen LogP contribution in [0.25, 0.3) is 0 Å². The number of piperidine rings is 1. The molecular weight excluding hydrogens is 370 g/mol. The van der Waals surface area contributed by atoms with Crippen LogP contribution in [-0.2, 0) is 4.79 Å². The van der Waals surface area contributed by atoms with Crippen LogP contribution in [0.15, 0.2) is 18.2 Å². The first kappa shape index (κ1) is 21.6. The zero-order valence-electron chi connectivity index (χ0n) is 17.8. The number of hydrogen-bond donors (Lipinski definition) is 1. The highest BCUT2D eigenvalue weighted by Crippen LogP contribution is 2.29. The molecule has 1 N–H and O–H groups in total. The van der Waals surface area contributed by atoms with E-state index in [-0.39, 0.29) is 18.2 Å². The van der Waals surface area contributed by atoms with Crippen LogP contribution in [0.1, 0.15) is 35.2 Å². The third-order valence-corrected chi connectivity index (χ3v) is 6.38. The number of amides is 1. The van der Waals surface area contributed by atoms with E-state index < -0.39 is 5.97 Å². The summed E-state index contributed by atoms with van der Waals surface area (Å²) in [6.45, 7) is 7.35. The molecule has 0 aliphatic carbocycles. The number of nitrogens with zero attached hydrogens (tertiary/aromatic N) is 3. The standard InChI is InChI=1S/C22H33N3O4/c1-16-14-18(29-3)5-6-19(16)22(28)25-9-8-20(17(15-25)4-7-21(26)27)24-12-10-23(2)11-13-24/h5-6,14,17,20H,4,7-13,15H2,1-3H3,(H,26,27)/t17-,20+/m1/s1. The summed E-state index contributed by atoms with van der Waals surface area (Å²) < 4.78 is 5.25. The first-order valence-corrected chi connectivity index (χ1v) is 10.5. The van der Waals surface area contributed by atoms with E-state index in [1.165, 1.54) is 0 Å². The van der Waals surface area contributed by atoms with Crippen LogP contribution in [0.4, 0.5) is 0 Å². The summed E-state index contributed by atoms with van der Waals surface area (Å²) in [5, 5.41) is 9.20. The summed E-state index contributed by atoms with van der Waals surface area (Å²) in [5.74, 6) is 0.191. The van der Waals surface area contributed by atoms with Gasteiger partial charge in [-0.05, 0) is 56.5 Å². The fourth-order valence-corrected chi connectivity index (χ4v) is 4.60. The Morgan fingerprint density at radius 1 is 1.17 bits per heavy atom. The predicted molar refractivity (Wildman–Crippen MR) is 111 cm³/mol. The number of ether oxygens (including phenoxy) is 1. The van der Waals surface area contributed by atoms with E-state index in [2.05, 4.69) is 16.8 Å². The second-order valence-electron chi connectivity index (χ2n) is 8.32. The summed E-state index contributed by atoms with van der Waals surface area (Å²) in [5.41, 5.74) is 1.60. The van der Waals surface area contributed by atoms with Crippen LogP contribution in [-0.4, -0.2) is 91.2 Å². The third-order valence-electron chi connectivity index (χ3n) is 6.38. The number of likely N-dealkylation sites (N-methyl/N-ethyl adjacent to an activating group) is 1. The van der Waals surface area contributed by atoms with Gasteiger partial charge >= 0.3 is 5.97 Å². The lowest BCUT2D eigenvalue weighted by Gasteiger charge is -2.46. The van der Waals surface area contributed by atoms with Crippen molar-refractivity contribution in [2.24, 2.45) is 5.92 Å². The maximum Gasteiger partial charge on any atom is 0.303 e. The molecule has 2 saturated heterocycles. The minimum atomic E-state index is -0.767. The quantitative estimate of drug-likeness (QED) is 0.783. The summed E-state index contributed by atoms with van der Waals surface area (Å²) >= 11 is 0. The highest BCUT2D eigenvalue weighted by Gasteiger charge is 2.36. The summed E-state index contributed by atoms with van der Waals surface area (Å²) in [6, 6.07) is 5.88. The molecule has 2 aliphatic heterocycles. The average Bonchev–Trinajstić information content (AvgIpc) is 2.72. The van der Waals surface area contributed by atoms with Crippen molar-refractivity contribution in [3.63, 3.8) is 0 Å². The molecule has 0 radical (unpaired) electrons. The molecule has 29 heavy (non-hydrogen) atoms. The maximum atomic E-state index is 13.2. The van der Waals surface area contributed by atoms with E-state index in [0.29, 0.717) is 31.1 Å². The van der Waals surface area contributed by atoms with Crippen LogP contribution in [0.2, 0.25) is 0 Å². The van der Waals surface area contributed by atoms with E-state index in [4.69, 9.17) is 4.74 Å². The Morgan fingerprint density at radius 2 is 1.90 bits per heavy atom. The zero-order chi connectivity index (χ0) is 21.0. The minimum Gasteiger partial charge on any atom is -0.497 e. The van der Waals surface area contributed by atoms with Gasteiger partial charge in [0.1, 0.15) is 5.75 Å². The van der Waals surface area contributed by atoms with Crippen LogP contribution in [0.3, 0.4) is 0 Å². The number of hydrogen-bond acceptors (Lipinski definition) is 5. The molecule has 1 aromatic rings. The molecule has 160 valence electrons. The lowest BCUT2D eigenvalue weighted by Crippen LogP contribution is -2.57. The van der Waals surface area contributed by atoms with Crippen LogP contribution in [0, 0.1) is 12.8 Å². The minimum absolute atomic E-state index is 0.0299. The fourth-order valence-electron chi connectivity index (χ4n) is 4.60.